The average molecular weight is 797 g/mol. The number of carbonyl (C=O) groups excluding carboxylic acids is 4. The third kappa shape index (κ3) is 7.23. The molecule has 2 aromatic heterocycles. The first kappa shape index (κ1) is 35.7. The summed E-state index contributed by atoms with van der Waals surface area (Å²) in [5, 5.41) is 1.12. The van der Waals surface area contributed by atoms with Crippen molar-refractivity contribution in [2.75, 3.05) is 18.1 Å². The van der Waals surface area contributed by atoms with E-state index in [1.165, 1.54) is 13.8 Å². The average Bonchev–Trinajstić information content (AvgIpc) is 3.46. The molecule has 0 aliphatic heterocycles. The van der Waals surface area contributed by atoms with Gasteiger partial charge < -0.3 is 33.0 Å². The van der Waals surface area contributed by atoms with Gasteiger partial charge in [0.05, 0.1) is 68.8 Å². The summed E-state index contributed by atoms with van der Waals surface area (Å²) in [6, 6.07) is 16.5. The Kier molecular flexibility index (Phi) is 10.8. The second-order valence-electron chi connectivity index (χ2n) is 11.2. The van der Waals surface area contributed by atoms with E-state index in [1.54, 1.807) is 38.1 Å². The maximum Gasteiger partial charge on any atom is 0.340 e. The van der Waals surface area contributed by atoms with Crippen LogP contribution in [0.5, 0.6) is 11.5 Å². The molecule has 0 atom stereocenters. The number of para-hydroxylation sites is 1. The van der Waals surface area contributed by atoms with E-state index < -0.39 is 23.9 Å². The van der Waals surface area contributed by atoms with Crippen molar-refractivity contribution in [3.63, 3.8) is 0 Å². The van der Waals surface area contributed by atoms with Crippen LogP contribution in [0.1, 0.15) is 59.8 Å². The first-order valence-corrected chi connectivity index (χ1v) is 17.1. The summed E-state index contributed by atoms with van der Waals surface area (Å²) in [6.07, 6.45) is 0. The number of carbonyl (C=O) groups is 4. The van der Waals surface area contributed by atoms with Gasteiger partial charge in [0, 0.05) is 44.4 Å². The zero-order valence-electron chi connectivity index (χ0n) is 27.9. The summed E-state index contributed by atoms with van der Waals surface area (Å²) < 4.78 is 26.8. The number of esters is 4. The summed E-state index contributed by atoms with van der Waals surface area (Å²) in [4.78, 5) is 53.0. The molecule has 13 heteroatoms. The molecule has 5 rings (SSSR count). The molecule has 0 saturated heterocycles. The predicted octanol–water partition coefficient (Wildman–Crippen LogP) is 7.61. The van der Waals surface area contributed by atoms with Gasteiger partial charge in [-0.1, -0.05) is 18.2 Å². The normalized spacial score (nSPS) is 11.1. The molecule has 0 fully saturated rings. The molecule has 0 radical (unpaired) electrons. The van der Waals surface area contributed by atoms with Crippen molar-refractivity contribution in [1.82, 2.24) is 9.13 Å². The molecule has 5 aromatic rings. The van der Waals surface area contributed by atoms with Gasteiger partial charge in [-0.05, 0) is 82.1 Å². The lowest BCUT2D eigenvalue weighted by atomic mass is 10.1. The maximum atomic E-state index is 13.6. The van der Waals surface area contributed by atoms with Gasteiger partial charge in [0.1, 0.15) is 11.5 Å². The van der Waals surface area contributed by atoms with Crippen LogP contribution < -0.4 is 14.4 Å². The third-order valence-electron chi connectivity index (χ3n) is 8.02. The molecule has 0 aliphatic carbocycles. The first-order valence-electron chi connectivity index (χ1n) is 15.5. The highest BCUT2D eigenvalue weighted by Gasteiger charge is 2.29. The Morgan fingerprint density at radius 3 is 1.45 bits per heavy atom. The summed E-state index contributed by atoms with van der Waals surface area (Å²) in [5.74, 6) is -1.49. The van der Waals surface area contributed by atoms with Crippen molar-refractivity contribution in [3.8, 4) is 11.5 Å². The molecule has 11 nitrogen and oxygen atoms in total. The number of rotatable bonds is 11. The van der Waals surface area contributed by atoms with Crippen molar-refractivity contribution in [3.05, 3.63) is 86.1 Å². The Balaban J connectivity index is 1.72. The fourth-order valence-electron chi connectivity index (χ4n) is 5.92. The zero-order valence-corrected chi connectivity index (χ0v) is 31.1. The maximum absolute atomic E-state index is 13.6. The van der Waals surface area contributed by atoms with Crippen LogP contribution in [0, 0.1) is 0 Å². The number of aryl methyl sites for hydroxylation is 2. The molecule has 2 heterocycles. The Morgan fingerprint density at radius 2 is 1.08 bits per heavy atom. The number of benzene rings is 3. The highest BCUT2D eigenvalue weighted by Crippen LogP contribution is 2.39. The largest absolute Gasteiger partial charge is 0.462 e. The summed E-state index contributed by atoms with van der Waals surface area (Å²) >= 11 is 7.00. The van der Waals surface area contributed by atoms with Crippen LogP contribution in [0.15, 0.2) is 63.5 Å². The molecular formula is C36H35Br2N3O8. The topological polar surface area (TPSA) is 118 Å². The van der Waals surface area contributed by atoms with Crippen LogP contribution in [0.4, 0.5) is 5.69 Å². The van der Waals surface area contributed by atoms with Crippen LogP contribution in [0.3, 0.4) is 0 Å². The number of nitrogens with zero attached hydrogens (tertiary/aromatic N) is 3. The number of hydrogen-bond acceptors (Lipinski definition) is 9. The van der Waals surface area contributed by atoms with Gasteiger partial charge in [-0.25, -0.2) is 9.59 Å². The lowest BCUT2D eigenvalue weighted by molar-refractivity contribution is -0.132. The molecule has 3 aromatic carbocycles. The molecule has 0 bridgehead atoms. The van der Waals surface area contributed by atoms with Crippen molar-refractivity contribution in [2.24, 2.45) is 14.1 Å². The number of hydrogen-bond donors (Lipinski definition) is 0. The molecule has 0 saturated carbocycles. The van der Waals surface area contributed by atoms with E-state index in [4.69, 9.17) is 18.9 Å². The lowest BCUT2D eigenvalue weighted by Crippen LogP contribution is -2.27. The Morgan fingerprint density at radius 1 is 0.673 bits per heavy atom. The SMILES string of the molecule is CCOC(=O)c1c(CN(Cc2c(C(=O)OCC)c3cc(OC(C)=O)c(Br)cc3n2C)c2ccccc2)n(C)c2cc(Br)c(OC(C)=O)cc12. The van der Waals surface area contributed by atoms with Crippen molar-refractivity contribution < 1.29 is 38.1 Å². The van der Waals surface area contributed by atoms with Crippen LogP contribution in [-0.4, -0.2) is 46.2 Å². The predicted molar refractivity (Wildman–Crippen MR) is 192 cm³/mol. The molecular weight excluding hydrogens is 762 g/mol. The lowest BCUT2D eigenvalue weighted by Gasteiger charge is -2.27. The van der Waals surface area contributed by atoms with Crippen LogP contribution in [0.2, 0.25) is 0 Å². The van der Waals surface area contributed by atoms with E-state index in [2.05, 4.69) is 36.8 Å². The fraction of sp³-hybridized carbons (Fsp3) is 0.278. The Hall–Kier alpha value is -4.62. The molecule has 0 spiro atoms. The molecule has 0 amide bonds. The van der Waals surface area contributed by atoms with Crippen LogP contribution in [0.25, 0.3) is 21.8 Å². The smallest absolute Gasteiger partial charge is 0.340 e. The Bertz CT molecular complexity index is 1970. The highest BCUT2D eigenvalue weighted by atomic mass is 79.9. The van der Waals surface area contributed by atoms with Crippen molar-refractivity contribution in [1.29, 1.82) is 0 Å². The summed E-state index contributed by atoms with van der Waals surface area (Å²) in [5.41, 5.74) is 4.20. The molecule has 49 heavy (non-hydrogen) atoms. The number of ether oxygens (including phenoxy) is 4. The van der Waals surface area contributed by atoms with E-state index in [0.717, 1.165) is 5.69 Å². The first-order chi connectivity index (χ1) is 23.4. The second kappa shape index (κ2) is 14.9. The quantitative estimate of drug-likeness (QED) is 0.0984. The van der Waals surface area contributed by atoms with Crippen molar-refractivity contribution >= 4 is 83.2 Å². The number of anilines is 1. The minimum Gasteiger partial charge on any atom is -0.462 e. The van der Waals surface area contributed by atoms with E-state index in [1.807, 2.05) is 53.6 Å². The van der Waals surface area contributed by atoms with Gasteiger partial charge in [0.15, 0.2) is 0 Å². The van der Waals surface area contributed by atoms with E-state index in [0.29, 0.717) is 53.3 Å². The zero-order chi connectivity index (χ0) is 35.6. The summed E-state index contributed by atoms with van der Waals surface area (Å²) in [7, 11) is 3.72. The van der Waals surface area contributed by atoms with E-state index >= 15 is 0 Å². The van der Waals surface area contributed by atoms with Gasteiger partial charge in [0.2, 0.25) is 0 Å². The van der Waals surface area contributed by atoms with Gasteiger partial charge in [-0.3, -0.25) is 9.59 Å². The number of aromatic nitrogens is 2. The van der Waals surface area contributed by atoms with Crippen LogP contribution >= 0.6 is 31.9 Å². The third-order valence-corrected chi connectivity index (χ3v) is 9.26. The monoisotopic (exact) mass is 795 g/mol. The molecule has 0 unspecified atom stereocenters. The fourth-order valence-corrected chi connectivity index (χ4v) is 6.74. The van der Waals surface area contributed by atoms with Crippen molar-refractivity contribution in [2.45, 2.75) is 40.8 Å². The summed E-state index contributed by atoms with van der Waals surface area (Å²) in [6.45, 7) is 6.85. The van der Waals surface area contributed by atoms with Gasteiger partial charge in [0.25, 0.3) is 0 Å². The van der Waals surface area contributed by atoms with Gasteiger partial charge in [-0.15, -0.1) is 0 Å². The highest BCUT2D eigenvalue weighted by molar-refractivity contribution is 9.11. The minimum absolute atomic E-state index is 0.161. The van der Waals surface area contributed by atoms with E-state index in [-0.39, 0.29) is 37.8 Å². The number of halogens is 2. The molecule has 0 aliphatic rings. The Labute approximate surface area is 299 Å². The van der Waals surface area contributed by atoms with Gasteiger partial charge >= 0.3 is 23.9 Å². The minimum atomic E-state index is -0.521. The standard InChI is InChI=1S/C36H35Br2N3O8/c1-7-46-35(44)33-23-14-31(48-20(3)42)25(37)16-27(23)39(5)29(33)18-41(22-12-10-9-11-13-22)19-30-34(36(45)47-8-2)24-15-32(49-21(4)43)26(38)17-28(24)40(30)6/h9-17H,7-8,18-19H2,1-6H3. The van der Waals surface area contributed by atoms with Crippen LogP contribution in [-0.2, 0) is 46.2 Å². The second-order valence-corrected chi connectivity index (χ2v) is 12.9. The number of fused-ring (bicyclic) bond motifs is 2. The molecule has 256 valence electrons. The molecule has 0 N–H and O–H groups in total. The van der Waals surface area contributed by atoms with Gasteiger partial charge in [-0.2, -0.15) is 0 Å². The van der Waals surface area contributed by atoms with E-state index in [9.17, 15) is 19.2 Å².